The molecule has 0 radical (unpaired) electrons. The van der Waals surface area contributed by atoms with Gasteiger partial charge in [0.05, 0.1) is 35.4 Å². The third-order valence-corrected chi connectivity index (χ3v) is 5.08. The Hall–Kier alpha value is -3.62. The number of esters is 1. The average molecular weight is 382 g/mol. The van der Waals surface area contributed by atoms with Gasteiger partial charge in [-0.05, 0) is 24.6 Å². The first kappa shape index (κ1) is 17.8. The van der Waals surface area contributed by atoms with Crippen LogP contribution in [0.2, 0.25) is 0 Å². The molecule has 4 rings (SSSR count). The fourth-order valence-corrected chi connectivity index (χ4v) is 3.60. The molecular formula is C19H18N4O5. The lowest BCUT2D eigenvalue weighted by atomic mass is 9.83. The number of rotatable bonds is 2. The number of carbonyl (C=O) groups is 1. The van der Waals surface area contributed by atoms with E-state index < -0.39 is 23.1 Å². The largest absolute Gasteiger partial charge is 0.465 e. The Kier molecular flexibility index (Phi) is 3.95. The standard InChI is InChI=1S/C19H18N4O5/c1-9-12-13(10-5-7-11(8-6-10)18(25)27-4)14-15(20-16(12)28-21-9)22(2)19(26)23(3)17(14)24/h5-8,13,20H,1-4H3. The first-order valence-corrected chi connectivity index (χ1v) is 8.56. The lowest BCUT2D eigenvalue weighted by molar-refractivity contribution is 0.0600. The molecule has 28 heavy (non-hydrogen) atoms. The summed E-state index contributed by atoms with van der Waals surface area (Å²) in [6, 6.07) is 6.79. The fraction of sp³-hybridized carbons (Fsp3) is 0.263. The molecule has 0 bridgehead atoms. The quantitative estimate of drug-likeness (QED) is 0.522. The maximum Gasteiger partial charge on any atom is 0.337 e. The minimum atomic E-state index is -0.505. The van der Waals surface area contributed by atoms with Gasteiger partial charge in [0.2, 0.25) is 5.88 Å². The van der Waals surface area contributed by atoms with Crippen molar-refractivity contribution in [1.82, 2.24) is 14.3 Å². The van der Waals surface area contributed by atoms with Crippen molar-refractivity contribution in [3.8, 4) is 0 Å². The van der Waals surface area contributed by atoms with Gasteiger partial charge in [0, 0.05) is 14.1 Å². The molecule has 0 spiro atoms. The maximum atomic E-state index is 13.0. The predicted molar refractivity (Wildman–Crippen MR) is 100 cm³/mol. The van der Waals surface area contributed by atoms with Gasteiger partial charge in [0.25, 0.3) is 5.56 Å². The number of methoxy groups -OCH3 is 1. The number of benzene rings is 1. The molecule has 1 aliphatic heterocycles. The molecule has 9 nitrogen and oxygen atoms in total. The molecule has 3 aromatic rings. The lowest BCUT2D eigenvalue weighted by Crippen LogP contribution is -2.42. The summed E-state index contributed by atoms with van der Waals surface area (Å²) in [5, 5.41) is 7.04. The van der Waals surface area contributed by atoms with E-state index in [-0.39, 0.29) is 0 Å². The minimum absolute atomic E-state index is 0.360. The molecule has 144 valence electrons. The lowest BCUT2D eigenvalue weighted by Gasteiger charge is -2.27. The SMILES string of the molecule is COC(=O)c1ccc(C2c3c(C)noc3Nc3c2c(=O)n(C)c(=O)n3C)cc1. The van der Waals surface area contributed by atoms with Gasteiger partial charge in [-0.2, -0.15) is 0 Å². The number of nitrogens with zero attached hydrogens (tertiary/aromatic N) is 3. The molecule has 1 N–H and O–H groups in total. The van der Waals surface area contributed by atoms with Crippen molar-refractivity contribution in [2.24, 2.45) is 14.1 Å². The van der Waals surface area contributed by atoms with Crippen molar-refractivity contribution < 1.29 is 14.1 Å². The highest BCUT2D eigenvalue weighted by Gasteiger charge is 2.36. The minimum Gasteiger partial charge on any atom is -0.465 e. The van der Waals surface area contributed by atoms with Crippen molar-refractivity contribution >= 4 is 17.7 Å². The number of ether oxygens (including phenoxy) is 1. The summed E-state index contributed by atoms with van der Waals surface area (Å²) < 4.78 is 12.6. The van der Waals surface area contributed by atoms with E-state index in [1.165, 1.54) is 18.7 Å². The van der Waals surface area contributed by atoms with E-state index in [0.29, 0.717) is 34.1 Å². The molecule has 2 aromatic heterocycles. The highest BCUT2D eigenvalue weighted by atomic mass is 16.5. The number of aryl methyl sites for hydroxylation is 1. The van der Waals surface area contributed by atoms with Gasteiger partial charge in [-0.25, -0.2) is 9.59 Å². The molecule has 0 aliphatic carbocycles. The summed E-state index contributed by atoms with van der Waals surface area (Å²) in [7, 11) is 4.34. The fourth-order valence-electron chi connectivity index (χ4n) is 3.60. The van der Waals surface area contributed by atoms with Crippen molar-refractivity contribution in [3.63, 3.8) is 0 Å². The maximum absolute atomic E-state index is 13.0. The normalized spacial score (nSPS) is 14.8. The second kappa shape index (κ2) is 6.22. The third-order valence-electron chi connectivity index (χ3n) is 5.08. The van der Waals surface area contributed by atoms with Crippen LogP contribution in [0.15, 0.2) is 38.4 Å². The summed E-state index contributed by atoms with van der Waals surface area (Å²) in [5.74, 6) is -0.207. The Morgan fingerprint density at radius 2 is 1.82 bits per heavy atom. The Balaban J connectivity index is 2.00. The number of anilines is 2. The van der Waals surface area contributed by atoms with E-state index in [1.54, 1.807) is 38.2 Å². The van der Waals surface area contributed by atoms with Crippen LogP contribution in [0.4, 0.5) is 11.7 Å². The molecule has 1 aromatic carbocycles. The van der Waals surface area contributed by atoms with Crippen LogP contribution in [0.1, 0.15) is 38.7 Å². The summed E-state index contributed by atoms with van der Waals surface area (Å²) in [6.45, 7) is 1.79. The van der Waals surface area contributed by atoms with E-state index in [9.17, 15) is 14.4 Å². The van der Waals surface area contributed by atoms with E-state index >= 15 is 0 Å². The van der Waals surface area contributed by atoms with Crippen LogP contribution in [0.5, 0.6) is 0 Å². The predicted octanol–water partition coefficient (Wildman–Crippen LogP) is 1.40. The van der Waals surface area contributed by atoms with Crippen LogP contribution >= 0.6 is 0 Å². The Bertz CT molecular complexity index is 1220. The molecular weight excluding hydrogens is 364 g/mol. The topological polar surface area (TPSA) is 108 Å². The molecule has 3 heterocycles. The van der Waals surface area contributed by atoms with Gasteiger partial charge < -0.3 is 14.6 Å². The van der Waals surface area contributed by atoms with Crippen LogP contribution in [0.3, 0.4) is 0 Å². The first-order chi connectivity index (χ1) is 13.3. The summed E-state index contributed by atoms with van der Waals surface area (Å²) in [5.41, 5.74) is 2.07. The van der Waals surface area contributed by atoms with Crippen molar-refractivity contribution in [3.05, 3.63) is 73.1 Å². The number of hydrogen-bond donors (Lipinski definition) is 1. The molecule has 0 saturated heterocycles. The van der Waals surface area contributed by atoms with Gasteiger partial charge in [0.15, 0.2) is 0 Å². The second-order valence-corrected chi connectivity index (χ2v) is 6.65. The van der Waals surface area contributed by atoms with Crippen LogP contribution < -0.4 is 16.6 Å². The molecule has 0 fully saturated rings. The number of aromatic nitrogens is 3. The Morgan fingerprint density at radius 1 is 1.14 bits per heavy atom. The van der Waals surface area contributed by atoms with Gasteiger partial charge in [-0.15, -0.1) is 0 Å². The van der Waals surface area contributed by atoms with Crippen LogP contribution in [0.25, 0.3) is 0 Å². The first-order valence-electron chi connectivity index (χ1n) is 8.56. The zero-order valence-electron chi connectivity index (χ0n) is 15.8. The zero-order chi connectivity index (χ0) is 20.2. The summed E-state index contributed by atoms with van der Waals surface area (Å²) in [6.07, 6.45) is 0. The van der Waals surface area contributed by atoms with Crippen molar-refractivity contribution in [1.29, 1.82) is 0 Å². The molecule has 1 atom stereocenters. The monoisotopic (exact) mass is 382 g/mol. The zero-order valence-corrected chi connectivity index (χ0v) is 15.8. The highest BCUT2D eigenvalue weighted by Crippen LogP contribution is 2.44. The summed E-state index contributed by atoms with van der Waals surface area (Å²) >= 11 is 0. The third kappa shape index (κ3) is 2.39. The average Bonchev–Trinajstić information content (AvgIpc) is 3.09. The van der Waals surface area contributed by atoms with Gasteiger partial charge in [-0.3, -0.25) is 13.9 Å². The van der Waals surface area contributed by atoms with Crippen molar-refractivity contribution in [2.75, 3.05) is 12.4 Å². The second-order valence-electron chi connectivity index (χ2n) is 6.65. The van der Waals surface area contributed by atoms with E-state index in [2.05, 4.69) is 10.5 Å². The van der Waals surface area contributed by atoms with E-state index in [1.807, 2.05) is 0 Å². The molecule has 9 heteroatoms. The van der Waals surface area contributed by atoms with Crippen LogP contribution in [-0.4, -0.2) is 27.4 Å². The number of carbonyl (C=O) groups excluding carboxylic acids is 1. The molecule has 0 amide bonds. The van der Waals surface area contributed by atoms with E-state index in [4.69, 9.17) is 9.26 Å². The number of hydrogen-bond acceptors (Lipinski definition) is 7. The molecule has 0 saturated carbocycles. The smallest absolute Gasteiger partial charge is 0.337 e. The number of fused-ring (bicyclic) bond motifs is 2. The number of nitrogens with one attached hydrogen (secondary N) is 1. The van der Waals surface area contributed by atoms with Crippen LogP contribution in [-0.2, 0) is 18.8 Å². The van der Waals surface area contributed by atoms with Crippen LogP contribution in [0, 0.1) is 6.92 Å². The van der Waals surface area contributed by atoms with E-state index in [0.717, 1.165) is 10.1 Å². The Labute approximate surface area is 159 Å². The van der Waals surface area contributed by atoms with Crippen molar-refractivity contribution in [2.45, 2.75) is 12.8 Å². The molecule has 1 aliphatic rings. The van der Waals surface area contributed by atoms with Gasteiger partial charge in [-0.1, -0.05) is 17.3 Å². The van der Waals surface area contributed by atoms with Gasteiger partial charge in [0.1, 0.15) is 5.82 Å². The Morgan fingerprint density at radius 3 is 2.46 bits per heavy atom. The highest BCUT2D eigenvalue weighted by molar-refractivity contribution is 5.89. The summed E-state index contributed by atoms with van der Waals surface area (Å²) in [4.78, 5) is 37.1. The molecule has 1 unspecified atom stereocenters. The van der Waals surface area contributed by atoms with Gasteiger partial charge >= 0.3 is 11.7 Å².